The molecule has 2 aliphatic heterocycles. The standard InChI is InChI=1S/C31H32N8O4/c1-19-12-21(4-7-26(19)43-22-5-6-24-23(13-22)33-18-36(24)3)35-29-27-25(8-10-39(27)34-17-32-29)38-15-31(16-38)9-11-37(14-31)30(42)28(41)20(2)40/h4-8,10,12-13,17-18,40-41H,9,11,14-16H2,1-3H3,(H,32,34,35)/b28-20+. The van der Waals surface area contributed by atoms with Crippen molar-refractivity contribution in [1.29, 1.82) is 0 Å². The number of aryl methyl sites for hydroxylation is 2. The molecule has 2 saturated heterocycles. The van der Waals surface area contributed by atoms with E-state index in [0.717, 1.165) is 64.5 Å². The average Bonchev–Trinajstić information content (AvgIpc) is 3.70. The highest BCUT2D eigenvalue weighted by atomic mass is 16.5. The van der Waals surface area contributed by atoms with E-state index in [1.165, 1.54) is 13.3 Å². The van der Waals surface area contributed by atoms with Gasteiger partial charge < -0.3 is 34.6 Å². The van der Waals surface area contributed by atoms with E-state index in [1.54, 1.807) is 11.2 Å². The molecule has 0 radical (unpaired) electrons. The molecule has 0 bridgehead atoms. The number of ether oxygens (including phenoxy) is 1. The zero-order chi connectivity index (χ0) is 29.9. The van der Waals surface area contributed by atoms with Crippen molar-refractivity contribution in [3.63, 3.8) is 0 Å². The molecule has 1 spiro atoms. The Morgan fingerprint density at radius 1 is 1.07 bits per heavy atom. The van der Waals surface area contributed by atoms with Gasteiger partial charge in [0.05, 0.1) is 23.0 Å². The van der Waals surface area contributed by atoms with Gasteiger partial charge in [0.2, 0.25) is 5.76 Å². The second kappa shape index (κ2) is 9.93. The van der Waals surface area contributed by atoms with Crippen LogP contribution >= 0.6 is 0 Å². The molecule has 5 aromatic rings. The van der Waals surface area contributed by atoms with E-state index in [0.29, 0.717) is 18.9 Å². The first-order valence-corrected chi connectivity index (χ1v) is 14.1. The predicted molar refractivity (Wildman–Crippen MR) is 162 cm³/mol. The lowest BCUT2D eigenvalue weighted by molar-refractivity contribution is -0.129. The summed E-state index contributed by atoms with van der Waals surface area (Å²) in [7, 11) is 1.97. The monoisotopic (exact) mass is 580 g/mol. The van der Waals surface area contributed by atoms with Gasteiger partial charge in [0.15, 0.2) is 5.82 Å². The van der Waals surface area contributed by atoms with Crippen molar-refractivity contribution in [3.8, 4) is 11.5 Å². The predicted octanol–water partition coefficient (Wildman–Crippen LogP) is 4.85. The lowest BCUT2D eigenvalue weighted by Gasteiger charge is -2.49. The Morgan fingerprint density at radius 3 is 2.70 bits per heavy atom. The number of nitrogens with one attached hydrogen (secondary N) is 1. The Labute approximate surface area is 247 Å². The normalized spacial score (nSPS) is 16.5. The zero-order valence-electron chi connectivity index (χ0n) is 24.2. The number of fused-ring (bicyclic) bond motifs is 2. The summed E-state index contributed by atoms with van der Waals surface area (Å²) in [4.78, 5) is 25.4. The van der Waals surface area contributed by atoms with E-state index in [4.69, 9.17) is 4.74 Å². The number of allylic oxidation sites excluding steroid dienone is 1. The Hall–Kier alpha value is -5.26. The Balaban J connectivity index is 1.07. The van der Waals surface area contributed by atoms with Crippen molar-refractivity contribution in [1.82, 2.24) is 29.0 Å². The molecule has 220 valence electrons. The number of aromatic nitrogens is 5. The van der Waals surface area contributed by atoms with Crippen LogP contribution in [0.15, 0.2) is 72.8 Å². The van der Waals surface area contributed by atoms with E-state index in [1.807, 2.05) is 71.7 Å². The van der Waals surface area contributed by atoms with Gasteiger partial charge in [-0.25, -0.2) is 14.5 Å². The summed E-state index contributed by atoms with van der Waals surface area (Å²) in [5.41, 5.74) is 5.58. The van der Waals surface area contributed by atoms with Crippen molar-refractivity contribution < 1.29 is 19.7 Å². The summed E-state index contributed by atoms with van der Waals surface area (Å²) in [5.74, 6) is 0.697. The first-order valence-electron chi connectivity index (χ1n) is 14.1. The second-order valence-corrected chi connectivity index (χ2v) is 11.6. The number of imidazole rings is 1. The molecular formula is C31H32N8O4. The number of amides is 1. The van der Waals surface area contributed by atoms with Crippen LogP contribution in [0.25, 0.3) is 16.6 Å². The van der Waals surface area contributed by atoms with Crippen LogP contribution < -0.4 is 15.0 Å². The lowest BCUT2D eigenvalue weighted by Crippen LogP contribution is -2.58. The molecule has 3 aromatic heterocycles. The molecule has 0 saturated carbocycles. The fraction of sp³-hybridized carbons (Fsp3) is 0.290. The maximum atomic E-state index is 12.5. The zero-order valence-corrected chi connectivity index (χ0v) is 24.2. The van der Waals surface area contributed by atoms with Gasteiger partial charge in [-0.1, -0.05) is 0 Å². The van der Waals surface area contributed by atoms with Gasteiger partial charge in [-0.2, -0.15) is 5.10 Å². The van der Waals surface area contributed by atoms with Crippen molar-refractivity contribution in [2.24, 2.45) is 12.5 Å². The van der Waals surface area contributed by atoms with E-state index in [2.05, 4.69) is 25.3 Å². The fourth-order valence-electron chi connectivity index (χ4n) is 6.17. The van der Waals surface area contributed by atoms with Gasteiger partial charge in [0.1, 0.15) is 29.1 Å². The first-order chi connectivity index (χ1) is 20.7. The van der Waals surface area contributed by atoms with Gasteiger partial charge >= 0.3 is 0 Å². The van der Waals surface area contributed by atoms with E-state index in [-0.39, 0.29) is 11.2 Å². The smallest absolute Gasteiger partial charge is 0.292 e. The van der Waals surface area contributed by atoms with Crippen LogP contribution in [0.2, 0.25) is 0 Å². The van der Waals surface area contributed by atoms with Crippen LogP contribution in [-0.4, -0.2) is 71.3 Å². The van der Waals surface area contributed by atoms with Crippen molar-refractivity contribution in [2.45, 2.75) is 20.3 Å². The topological polar surface area (TPSA) is 133 Å². The SMILES string of the molecule is C/C(O)=C(\O)C(=O)N1CCC2(C1)CN(c1ccn3ncnc(Nc4ccc(Oc5ccc6c(c5)ncn6C)c(C)c4)c13)C2. The van der Waals surface area contributed by atoms with Crippen LogP contribution in [0.3, 0.4) is 0 Å². The average molecular weight is 581 g/mol. The highest BCUT2D eigenvalue weighted by molar-refractivity contribution is 5.92. The van der Waals surface area contributed by atoms with Crippen LogP contribution in [0.1, 0.15) is 18.9 Å². The van der Waals surface area contributed by atoms with Gasteiger partial charge in [0.25, 0.3) is 5.91 Å². The van der Waals surface area contributed by atoms with Gasteiger partial charge in [-0.05, 0) is 62.2 Å². The largest absolute Gasteiger partial charge is 0.509 e. The Bertz CT molecular complexity index is 1920. The minimum absolute atomic E-state index is 0.0508. The molecule has 12 heteroatoms. The number of anilines is 3. The Morgan fingerprint density at radius 2 is 1.91 bits per heavy atom. The number of aliphatic hydroxyl groups is 2. The second-order valence-electron chi connectivity index (χ2n) is 11.6. The molecule has 0 aliphatic carbocycles. The minimum atomic E-state index is -0.583. The number of carbonyl (C=O) groups is 1. The summed E-state index contributed by atoms with van der Waals surface area (Å²) < 4.78 is 9.97. The maximum Gasteiger partial charge on any atom is 0.292 e. The third-order valence-electron chi connectivity index (χ3n) is 8.46. The molecule has 2 fully saturated rings. The number of aliphatic hydroxyl groups excluding tert-OH is 2. The van der Waals surface area contributed by atoms with Crippen LogP contribution in [0.4, 0.5) is 17.2 Å². The molecule has 3 N–H and O–H groups in total. The van der Waals surface area contributed by atoms with Gasteiger partial charge in [-0.15, -0.1) is 0 Å². The van der Waals surface area contributed by atoms with Gasteiger partial charge in [0, 0.05) is 56.6 Å². The summed E-state index contributed by atoms with van der Waals surface area (Å²) in [6, 6.07) is 13.8. The molecule has 5 heterocycles. The lowest BCUT2D eigenvalue weighted by atomic mass is 9.79. The van der Waals surface area contributed by atoms with E-state index < -0.39 is 11.7 Å². The quantitative estimate of drug-likeness (QED) is 0.190. The molecular weight excluding hydrogens is 548 g/mol. The summed E-state index contributed by atoms with van der Waals surface area (Å²) >= 11 is 0. The highest BCUT2D eigenvalue weighted by Crippen LogP contribution is 2.44. The third kappa shape index (κ3) is 4.64. The molecule has 7 rings (SSSR count). The number of nitrogens with zero attached hydrogens (tertiary/aromatic N) is 7. The number of carbonyl (C=O) groups excluding carboxylic acids is 1. The number of benzene rings is 2. The summed E-state index contributed by atoms with van der Waals surface area (Å²) in [6.07, 6.45) is 6.07. The Kier molecular flexibility index (Phi) is 6.15. The van der Waals surface area contributed by atoms with Gasteiger partial charge in [-0.3, -0.25) is 4.79 Å². The maximum absolute atomic E-state index is 12.5. The van der Waals surface area contributed by atoms with Crippen LogP contribution in [0, 0.1) is 12.3 Å². The summed E-state index contributed by atoms with van der Waals surface area (Å²) in [5, 5.41) is 27.3. The van der Waals surface area contributed by atoms with Crippen molar-refractivity contribution >= 4 is 39.6 Å². The number of hydrogen-bond donors (Lipinski definition) is 3. The fourth-order valence-corrected chi connectivity index (χ4v) is 6.17. The minimum Gasteiger partial charge on any atom is -0.509 e. The molecule has 0 atom stereocenters. The number of rotatable bonds is 6. The van der Waals surface area contributed by atoms with E-state index >= 15 is 0 Å². The molecule has 12 nitrogen and oxygen atoms in total. The first kappa shape index (κ1) is 26.6. The molecule has 0 unspecified atom stereocenters. The van der Waals surface area contributed by atoms with Crippen molar-refractivity contribution in [2.75, 3.05) is 36.4 Å². The summed E-state index contributed by atoms with van der Waals surface area (Å²) in [6.45, 7) is 5.93. The van der Waals surface area contributed by atoms with Crippen LogP contribution in [0.5, 0.6) is 11.5 Å². The molecule has 2 aliphatic rings. The molecule has 2 aromatic carbocycles. The molecule has 1 amide bonds. The van der Waals surface area contributed by atoms with E-state index in [9.17, 15) is 15.0 Å². The molecule has 43 heavy (non-hydrogen) atoms. The number of hydrogen-bond acceptors (Lipinski definition) is 9. The number of likely N-dealkylation sites (tertiary alicyclic amines) is 1. The van der Waals surface area contributed by atoms with Crippen molar-refractivity contribution in [3.05, 3.63) is 78.4 Å². The highest BCUT2D eigenvalue weighted by Gasteiger charge is 2.49. The third-order valence-corrected chi connectivity index (χ3v) is 8.46. The van der Waals surface area contributed by atoms with Crippen LogP contribution in [-0.2, 0) is 11.8 Å².